The Morgan fingerprint density at radius 1 is 1.48 bits per heavy atom. The summed E-state index contributed by atoms with van der Waals surface area (Å²) < 4.78 is 15.0. The third-order valence-corrected chi connectivity index (χ3v) is 3.48. The molecular formula is C14H20N2O5. The number of hydrogen-bond donors (Lipinski definition) is 0. The Labute approximate surface area is 123 Å². The summed E-state index contributed by atoms with van der Waals surface area (Å²) in [5.41, 5.74) is 0.147. The molecule has 21 heavy (non-hydrogen) atoms. The molecule has 1 aromatic heterocycles. The van der Waals surface area contributed by atoms with E-state index in [1.807, 2.05) is 4.90 Å². The lowest BCUT2D eigenvalue weighted by atomic mass is 10.00. The molecule has 0 aliphatic carbocycles. The van der Waals surface area contributed by atoms with Crippen molar-refractivity contribution < 1.29 is 23.5 Å². The smallest absolute Gasteiger partial charge is 0.360 e. The van der Waals surface area contributed by atoms with Crippen LogP contribution in [0.5, 0.6) is 0 Å². The van der Waals surface area contributed by atoms with Gasteiger partial charge >= 0.3 is 11.9 Å². The maximum atomic E-state index is 11.6. The lowest BCUT2D eigenvalue weighted by Gasteiger charge is -2.33. The largest absolute Gasteiger partial charge is 0.469 e. The molecule has 0 aromatic carbocycles. The van der Waals surface area contributed by atoms with Gasteiger partial charge in [-0.25, -0.2) is 4.79 Å². The Morgan fingerprint density at radius 3 is 3.00 bits per heavy atom. The van der Waals surface area contributed by atoms with Crippen LogP contribution < -0.4 is 4.90 Å². The first-order valence-electron chi connectivity index (χ1n) is 7.11. The average molecular weight is 296 g/mol. The van der Waals surface area contributed by atoms with Crippen molar-refractivity contribution >= 4 is 18.0 Å². The molecule has 7 heteroatoms. The number of anilines is 1. The number of carbonyl (C=O) groups excluding carboxylic acids is 2. The molecule has 1 aliphatic heterocycles. The molecule has 116 valence electrons. The second-order valence-corrected chi connectivity index (χ2v) is 4.86. The summed E-state index contributed by atoms with van der Waals surface area (Å²) in [6, 6.07) is 0.339. The molecule has 7 nitrogen and oxygen atoms in total. The van der Waals surface area contributed by atoms with Crippen molar-refractivity contribution in [1.82, 2.24) is 4.98 Å². The van der Waals surface area contributed by atoms with Crippen LogP contribution in [-0.4, -0.2) is 43.2 Å². The van der Waals surface area contributed by atoms with Gasteiger partial charge in [0.05, 0.1) is 20.1 Å². The standard InChI is InChI=1S/C14H20N2O5/c1-3-20-13(18)11-9-21-14(15-11)16-7-5-4-6-10(16)8-12(17)19-2/h9-10H,3-8H2,1-2H3. The van der Waals surface area contributed by atoms with Crippen LogP contribution in [0.4, 0.5) is 6.01 Å². The van der Waals surface area contributed by atoms with Crippen LogP contribution in [0.3, 0.4) is 0 Å². The average Bonchev–Trinajstić information content (AvgIpc) is 2.97. The van der Waals surface area contributed by atoms with Gasteiger partial charge in [-0.2, -0.15) is 4.98 Å². The normalized spacial score (nSPS) is 18.4. The van der Waals surface area contributed by atoms with Crippen molar-refractivity contribution in [3.8, 4) is 0 Å². The first kappa shape index (κ1) is 15.3. The fourth-order valence-electron chi connectivity index (χ4n) is 2.44. The van der Waals surface area contributed by atoms with Crippen LogP contribution in [0, 0.1) is 0 Å². The van der Waals surface area contributed by atoms with E-state index in [1.165, 1.54) is 13.4 Å². The Kier molecular flexibility index (Phi) is 5.19. The number of oxazole rings is 1. The van der Waals surface area contributed by atoms with E-state index in [0.29, 0.717) is 6.01 Å². The molecule has 0 amide bonds. The molecule has 2 heterocycles. The topological polar surface area (TPSA) is 81.9 Å². The zero-order valence-electron chi connectivity index (χ0n) is 12.3. The first-order valence-corrected chi connectivity index (χ1v) is 7.11. The van der Waals surface area contributed by atoms with Crippen molar-refractivity contribution in [3.63, 3.8) is 0 Å². The fraction of sp³-hybridized carbons (Fsp3) is 0.643. The van der Waals surface area contributed by atoms with Crippen molar-refractivity contribution in [2.24, 2.45) is 0 Å². The van der Waals surface area contributed by atoms with Crippen LogP contribution in [-0.2, 0) is 14.3 Å². The van der Waals surface area contributed by atoms with Crippen LogP contribution in [0.15, 0.2) is 10.7 Å². The lowest BCUT2D eigenvalue weighted by Crippen LogP contribution is -2.41. The molecule has 1 aromatic rings. The van der Waals surface area contributed by atoms with Gasteiger partial charge in [-0.15, -0.1) is 0 Å². The molecule has 0 spiro atoms. The van der Waals surface area contributed by atoms with Crippen LogP contribution in [0.2, 0.25) is 0 Å². The van der Waals surface area contributed by atoms with E-state index in [1.54, 1.807) is 6.92 Å². The quantitative estimate of drug-likeness (QED) is 0.766. The minimum absolute atomic E-state index is 0.0140. The van der Waals surface area contributed by atoms with Gasteiger partial charge in [0.15, 0.2) is 5.69 Å². The Bertz CT molecular complexity index is 499. The second kappa shape index (κ2) is 7.10. The number of ether oxygens (including phenoxy) is 2. The van der Waals surface area contributed by atoms with Crippen LogP contribution in [0.25, 0.3) is 0 Å². The highest BCUT2D eigenvalue weighted by atomic mass is 16.5. The van der Waals surface area contributed by atoms with Gasteiger partial charge < -0.3 is 18.8 Å². The summed E-state index contributed by atoms with van der Waals surface area (Å²) in [7, 11) is 1.37. The molecule has 0 radical (unpaired) electrons. The summed E-state index contributed by atoms with van der Waals surface area (Å²) >= 11 is 0. The van der Waals surface area contributed by atoms with Gasteiger partial charge in [-0.3, -0.25) is 4.79 Å². The van der Waals surface area contributed by atoms with E-state index in [4.69, 9.17) is 13.9 Å². The number of esters is 2. The molecular weight excluding hydrogens is 276 g/mol. The number of piperidine rings is 1. The summed E-state index contributed by atoms with van der Waals surface area (Å²) in [4.78, 5) is 29.2. The molecule has 2 rings (SSSR count). The SMILES string of the molecule is CCOC(=O)c1coc(N2CCCCC2CC(=O)OC)n1. The molecule has 1 atom stereocenters. The highest BCUT2D eigenvalue weighted by Crippen LogP contribution is 2.26. The molecule has 1 fully saturated rings. The van der Waals surface area contributed by atoms with Gasteiger partial charge in [0.25, 0.3) is 6.01 Å². The highest BCUT2D eigenvalue weighted by Gasteiger charge is 2.29. The summed E-state index contributed by atoms with van der Waals surface area (Å²) in [5, 5.41) is 0. The van der Waals surface area contributed by atoms with Gasteiger partial charge in [-0.05, 0) is 26.2 Å². The van der Waals surface area contributed by atoms with E-state index < -0.39 is 5.97 Å². The Hall–Kier alpha value is -2.05. The minimum atomic E-state index is -0.506. The molecule has 0 N–H and O–H groups in total. The monoisotopic (exact) mass is 296 g/mol. The highest BCUT2D eigenvalue weighted by molar-refractivity contribution is 5.87. The predicted octanol–water partition coefficient (Wildman–Crippen LogP) is 1.77. The summed E-state index contributed by atoms with van der Waals surface area (Å²) in [5.74, 6) is -0.766. The Balaban J connectivity index is 2.10. The number of nitrogens with zero attached hydrogens (tertiary/aromatic N) is 2. The lowest BCUT2D eigenvalue weighted by molar-refractivity contribution is -0.141. The van der Waals surface area contributed by atoms with E-state index in [2.05, 4.69) is 4.98 Å². The van der Waals surface area contributed by atoms with Crippen molar-refractivity contribution in [1.29, 1.82) is 0 Å². The van der Waals surface area contributed by atoms with E-state index >= 15 is 0 Å². The van der Waals surface area contributed by atoms with E-state index in [9.17, 15) is 9.59 Å². The third-order valence-electron chi connectivity index (χ3n) is 3.48. The van der Waals surface area contributed by atoms with Gasteiger partial charge in [0.1, 0.15) is 6.26 Å². The number of rotatable bonds is 5. The molecule has 1 saturated heterocycles. The summed E-state index contributed by atoms with van der Waals surface area (Å²) in [6.45, 7) is 2.76. The predicted molar refractivity (Wildman–Crippen MR) is 74.1 cm³/mol. The van der Waals surface area contributed by atoms with Gasteiger partial charge in [0.2, 0.25) is 0 Å². The number of aromatic nitrogens is 1. The van der Waals surface area contributed by atoms with E-state index in [-0.39, 0.29) is 30.7 Å². The summed E-state index contributed by atoms with van der Waals surface area (Å²) in [6.07, 6.45) is 4.48. The molecule has 0 saturated carbocycles. The van der Waals surface area contributed by atoms with Gasteiger partial charge in [0, 0.05) is 12.6 Å². The first-order chi connectivity index (χ1) is 10.2. The van der Waals surface area contributed by atoms with Gasteiger partial charge in [-0.1, -0.05) is 0 Å². The number of hydrogen-bond acceptors (Lipinski definition) is 7. The zero-order valence-corrected chi connectivity index (χ0v) is 12.3. The van der Waals surface area contributed by atoms with Crippen molar-refractivity contribution in [2.45, 2.75) is 38.6 Å². The fourth-order valence-corrected chi connectivity index (χ4v) is 2.44. The number of carbonyl (C=O) groups is 2. The van der Waals surface area contributed by atoms with E-state index in [0.717, 1.165) is 25.8 Å². The number of methoxy groups -OCH3 is 1. The molecule has 0 bridgehead atoms. The van der Waals surface area contributed by atoms with Crippen LogP contribution in [0.1, 0.15) is 43.1 Å². The zero-order chi connectivity index (χ0) is 15.2. The molecule has 1 unspecified atom stereocenters. The second-order valence-electron chi connectivity index (χ2n) is 4.86. The van der Waals surface area contributed by atoms with Crippen LogP contribution >= 0.6 is 0 Å². The van der Waals surface area contributed by atoms with Crippen molar-refractivity contribution in [2.75, 3.05) is 25.2 Å². The Morgan fingerprint density at radius 2 is 2.29 bits per heavy atom. The molecule has 1 aliphatic rings. The maximum Gasteiger partial charge on any atom is 0.360 e. The van der Waals surface area contributed by atoms with Crippen molar-refractivity contribution in [3.05, 3.63) is 12.0 Å². The maximum absolute atomic E-state index is 11.6. The minimum Gasteiger partial charge on any atom is -0.469 e. The third kappa shape index (κ3) is 3.74.